The molecule has 0 aliphatic heterocycles. The number of hydrogen-bond donors (Lipinski definition) is 3. The fourth-order valence-electron chi connectivity index (χ4n) is 1.33. The van der Waals surface area contributed by atoms with Crippen molar-refractivity contribution in [2.24, 2.45) is 5.73 Å². The van der Waals surface area contributed by atoms with E-state index in [1.165, 1.54) is 25.7 Å². The Morgan fingerprint density at radius 1 is 1.00 bits per heavy atom. The van der Waals surface area contributed by atoms with Crippen LogP contribution in [-0.4, -0.2) is 10.5 Å². The van der Waals surface area contributed by atoms with Gasteiger partial charge in [-0.15, -0.1) is 0 Å². The van der Waals surface area contributed by atoms with Crippen LogP contribution in [0, 0.1) is 0 Å². The third kappa shape index (κ3) is 12.2. The van der Waals surface area contributed by atoms with Gasteiger partial charge in [0.2, 0.25) is 5.91 Å². The Morgan fingerprint density at radius 3 is 2.00 bits per heavy atom. The Kier molecular flexibility index (Phi) is 9.83. The molecule has 0 aromatic rings. The lowest BCUT2D eigenvalue weighted by Gasteiger charge is -2.03. The van der Waals surface area contributed by atoms with Crippen molar-refractivity contribution in [2.75, 3.05) is 0 Å². The monoisotopic (exact) mass is 235 g/mol. The highest BCUT2D eigenvalue weighted by atomic mass is 32.2. The highest BCUT2D eigenvalue weighted by Crippen LogP contribution is 2.13. The lowest BCUT2D eigenvalue weighted by Crippen LogP contribution is -2.09. The molecule has 4 heteroatoms. The van der Waals surface area contributed by atoms with Crippen LogP contribution >= 0.6 is 25.3 Å². The minimum atomic E-state index is -0.182. The molecule has 0 aromatic heterocycles. The molecule has 0 radical (unpaired) electrons. The summed E-state index contributed by atoms with van der Waals surface area (Å²) in [6, 6.07) is 0. The SMILES string of the molecule is NC(=O)CCCCCCCCC(S)S. The van der Waals surface area contributed by atoms with Crippen molar-refractivity contribution in [1.82, 2.24) is 0 Å². The maximum absolute atomic E-state index is 10.4. The van der Waals surface area contributed by atoms with Gasteiger partial charge in [0.05, 0.1) is 0 Å². The number of amides is 1. The van der Waals surface area contributed by atoms with E-state index < -0.39 is 0 Å². The van der Waals surface area contributed by atoms with E-state index in [0.29, 0.717) is 6.42 Å². The highest BCUT2D eigenvalue weighted by molar-refractivity contribution is 7.99. The molecule has 0 aliphatic rings. The minimum Gasteiger partial charge on any atom is -0.370 e. The maximum Gasteiger partial charge on any atom is 0.217 e. The van der Waals surface area contributed by atoms with E-state index >= 15 is 0 Å². The van der Waals surface area contributed by atoms with Crippen LogP contribution in [0.1, 0.15) is 51.4 Å². The summed E-state index contributed by atoms with van der Waals surface area (Å²) in [7, 11) is 0. The first-order valence-electron chi connectivity index (χ1n) is 5.27. The van der Waals surface area contributed by atoms with Crippen molar-refractivity contribution in [2.45, 2.75) is 55.9 Å². The summed E-state index contributed by atoms with van der Waals surface area (Å²) in [5.41, 5.74) is 5.03. The van der Waals surface area contributed by atoms with E-state index in [4.69, 9.17) is 5.73 Å². The minimum absolute atomic E-state index is 0.182. The van der Waals surface area contributed by atoms with E-state index in [1.54, 1.807) is 0 Å². The zero-order valence-electron chi connectivity index (χ0n) is 8.61. The molecule has 0 fully saturated rings. The van der Waals surface area contributed by atoms with Crippen LogP contribution in [0.25, 0.3) is 0 Å². The zero-order chi connectivity index (χ0) is 10.8. The quantitative estimate of drug-likeness (QED) is 0.321. The Hall–Kier alpha value is 0.170. The number of hydrogen-bond acceptors (Lipinski definition) is 3. The normalized spacial score (nSPS) is 10.8. The zero-order valence-corrected chi connectivity index (χ0v) is 10.4. The summed E-state index contributed by atoms with van der Waals surface area (Å²) in [4.78, 5) is 10.4. The summed E-state index contributed by atoms with van der Waals surface area (Å²) in [6.07, 6.45) is 8.57. The molecule has 0 saturated carbocycles. The van der Waals surface area contributed by atoms with Gasteiger partial charge in [-0.3, -0.25) is 4.79 Å². The van der Waals surface area contributed by atoms with Gasteiger partial charge in [-0.05, 0) is 12.8 Å². The fraction of sp³-hybridized carbons (Fsp3) is 0.900. The number of carbonyl (C=O) groups is 1. The number of unbranched alkanes of at least 4 members (excludes halogenated alkanes) is 5. The molecule has 0 unspecified atom stereocenters. The van der Waals surface area contributed by atoms with Crippen LogP contribution in [0.2, 0.25) is 0 Å². The Balaban J connectivity index is 2.96. The molecule has 0 atom stereocenters. The van der Waals surface area contributed by atoms with Crippen molar-refractivity contribution in [3.63, 3.8) is 0 Å². The first-order chi connectivity index (χ1) is 6.63. The van der Waals surface area contributed by atoms with Gasteiger partial charge in [0, 0.05) is 11.0 Å². The molecular weight excluding hydrogens is 214 g/mol. The lowest BCUT2D eigenvalue weighted by molar-refractivity contribution is -0.118. The molecule has 0 bridgehead atoms. The molecule has 84 valence electrons. The third-order valence-electron chi connectivity index (χ3n) is 2.14. The topological polar surface area (TPSA) is 43.1 Å². The van der Waals surface area contributed by atoms with Crippen LogP contribution in [0.15, 0.2) is 0 Å². The number of carbonyl (C=O) groups excluding carboxylic acids is 1. The molecule has 0 saturated heterocycles. The molecule has 2 N–H and O–H groups in total. The average molecular weight is 235 g/mol. The van der Waals surface area contributed by atoms with Crippen LogP contribution in [0.5, 0.6) is 0 Å². The average Bonchev–Trinajstić information content (AvgIpc) is 2.08. The molecule has 0 aliphatic carbocycles. The predicted molar refractivity (Wildman–Crippen MR) is 67.9 cm³/mol. The van der Waals surface area contributed by atoms with E-state index in [0.717, 1.165) is 19.3 Å². The maximum atomic E-state index is 10.4. The van der Waals surface area contributed by atoms with Crippen molar-refractivity contribution < 1.29 is 4.79 Å². The molecule has 0 rings (SSSR count). The molecule has 0 heterocycles. The second-order valence-electron chi connectivity index (χ2n) is 3.61. The lowest BCUT2D eigenvalue weighted by atomic mass is 10.1. The Morgan fingerprint density at radius 2 is 1.50 bits per heavy atom. The van der Waals surface area contributed by atoms with Crippen molar-refractivity contribution in [3.8, 4) is 0 Å². The van der Waals surface area contributed by atoms with Gasteiger partial charge in [-0.1, -0.05) is 32.1 Å². The Bertz CT molecular complexity index is 151. The molecule has 0 spiro atoms. The summed E-state index contributed by atoms with van der Waals surface area (Å²) in [6.45, 7) is 0. The summed E-state index contributed by atoms with van der Waals surface area (Å²) < 4.78 is 0.227. The summed E-state index contributed by atoms with van der Waals surface area (Å²) in [5, 5.41) is 0. The summed E-state index contributed by atoms with van der Waals surface area (Å²) >= 11 is 8.38. The second kappa shape index (κ2) is 9.71. The van der Waals surface area contributed by atoms with Crippen molar-refractivity contribution in [3.05, 3.63) is 0 Å². The van der Waals surface area contributed by atoms with Gasteiger partial charge in [-0.2, -0.15) is 25.3 Å². The number of primary amides is 1. The summed E-state index contributed by atoms with van der Waals surface area (Å²) in [5.74, 6) is -0.182. The van der Waals surface area contributed by atoms with Gasteiger partial charge < -0.3 is 5.73 Å². The second-order valence-corrected chi connectivity index (χ2v) is 5.26. The molecule has 2 nitrogen and oxygen atoms in total. The van der Waals surface area contributed by atoms with E-state index in [-0.39, 0.29) is 10.5 Å². The molecule has 0 aromatic carbocycles. The number of rotatable bonds is 9. The number of nitrogens with two attached hydrogens (primary N) is 1. The van der Waals surface area contributed by atoms with Gasteiger partial charge in [0.15, 0.2) is 0 Å². The molecular formula is C10H21NOS2. The van der Waals surface area contributed by atoms with Crippen molar-refractivity contribution >= 4 is 31.2 Å². The predicted octanol–water partition coefficient (Wildman–Crippen LogP) is 2.78. The first kappa shape index (κ1) is 14.2. The van der Waals surface area contributed by atoms with Crippen LogP contribution in [0.3, 0.4) is 0 Å². The largest absolute Gasteiger partial charge is 0.370 e. The standard InChI is InChI=1S/C10H21NOS2/c11-9(12)7-5-3-1-2-4-6-8-10(13)14/h10,13-14H,1-8H2,(H2,11,12). The van der Waals surface area contributed by atoms with Crippen LogP contribution in [-0.2, 0) is 4.79 Å². The van der Waals surface area contributed by atoms with E-state index in [1.807, 2.05) is 0 Å². The number of thiol groups is 2. The van der Waals surface area contributed by atoms with Gasteiger partial charge in [-0.25, -0.2) is 0 Å². The molecule has 1 amide bonds. The van der Waals surface area contributed by atoms with Crippen LogP contribution in [0.4, 0.5) is 0 Å². The van der Waals surface area contributed by atoms with E-state index in [2.05, 4.69) is 25.3 Å². The highest BCUT2D eigenvalue weighted by Gasteiger charge is 1.97. The van der Waals surface area contributed by atoms with Crippen LogP contribution < -0.4 is 5.73 Å². The first-order valence-corrected chi connectivity index (χ1v) is 6.30. The van der Waals surface area contributed by atoms with Crippen molar-refractivity contribution in [1.29, 1.82) is 0 Å². The van der Waals surface area contributed by atoms with Gasteiger partial charge in [0.1, 0.15) is 0 Å². The molecule has 14 heavy (non-hydrogen) atoms. The van der Waals surface area contributed by atoms with Gasteiger partial charge in [0.25, 0.3) is 0 Å². The van der Waals surface area contributed by atoms with E-state index in [9.17, 15) is 4.79 Å². The smallest absolute Gasteiger partial charge is 0.217 e. The Labute approximate surface area is 97.8 Å². The third-order valence-corrected chi connectivity index (χ3v) is 2.65. The van der Waals surface area contributed by atoms with Gasteiger partial charge >= 0.3 is 0 Å². The fourth-order valence-corrected chi connectivity index (χ4v) is 1.70.